The molecule has 3 aromatic rings. The van der Waals surface area contributed by atoms with Crippen LogP contribution in [-0.2, 0) is 4.74 Å². The monoisotopic (exact) mass is 444 g/mol. The highest BCUT2D eigenvalue weighted by atomic mass is 16.5. The van der Waals surface area contributed by atoms with Crippen LogP contribution in [0.2, 0.25) is 0 Å². The summed E-state index contributed by atoms with van der Waals surface area (Å²) in [5.41, 5.74) is 4.69. The molecule has 1 aliphatic heterocycles. The molecular formula is C26H28N4O3. The highest BCUT2D eigenvalue weighted by Crippen LogP contribution is 2.41. The minimum absolute atomic E-state index is 0.259. The van der Waals surface area contributed by atoms with Crippen LogP contribution in [-0.4, -0.2) is 43.2 Å². The Bertz CT molecular complexity index is 1140. The molecular weight excluding hydrogens is 416 g/mol. The van der Waals surface area contributed by atoms with Gasteiger partial charge < -0.3 is 19.7 Å². The quantitative estimate of drug-likeness (QED) is 0.520. The van der Waals surface area contributed by atoms with Gasteiger partial charge in [0.2, 0.25) is 0 Å². The van der Waals surface area contributed by atoms with Gasteiger partial charge in [0.15, 0.2) is 0 Å². The van der Waals surface area contributed by atoms with Gasteiger partial charge in [-0.15, -0.1) is 0 Å². The lowest BCUT2D eigenvalue weighted by Crippen LogP contribution is -2.22. The zero-order valence-electron chi connectivity index (χ0n) is 19.0. The standard InChI is InChI=1S/C26H28N4O3/c1-30(25-8-5-18(14-29-25)17-3-4-17)20-6-7-21-19(10-12-33-24(21)13-20)15-28-23-16-27-11-9-22(23)26(31)32-2/h5-9,11,13-14,16-17,19,28H,3-4,10,12,15H2,1-2H3/t19-/m0/s1. The first-order chi connectivity index (χ1) is 16.1. The first-order valence-electron chi connectivity index (χ1n) is 11.4. The van der Waals surface area contributed by atoms with Crippen molar-refractivity contribution in [1.29, 1.82) is 0 Å². The highest BCUT2D eigenvalue weighted by molar-refractivity contribution is 5.95. The van der Waals surface area contributed by atoms with Crippen molar-refractivity contribution in [3.8, 4) is 5.75 Å². The maximum absolute atomic E-state index is 12.0. The van der Waals surface area contributed by atoms with Crippen molar-refractivity contribution in [3.05, 3.63) is 71.7 Å². The van der Waals surface area contributed by atoms with Crippen LogP contribution in [0.5, 0.6) is 5.75 Å². The molecule has 1 aromatic carbocycles. The lowest BCUT2D eigenvalue weighted by molar-refractivity contribution is 0.0601. The van der Waals surface area contributed by atoms with Crippen LogP contribution >= 0.6 is 0 Å². The molecule has 0 bridgehead atoms. The number of ether oxygens (including phenoxy) is 2. The second-order valence-electron chi connectivity index (χ2n) is 8.63. The Hall–Kier alpha value is -3.61. The number of rotatable bonds is 7. The summed E-state index contributed by atoms with van der Waals surface area (Å²) in [5, 5.41) is 3.38. The first kappa shape index (κ1) is 21.2. The fourth-order valence-corrected chi connectivity index (χ4v) is 4.32. The number of aromatic nitrogens is 2. The van der Waals surface area contributed by atoms with Crippen molar-refractivity contribution < 1.29 is 14.3 Å². The maximum Gasteiger partial charge on any atom is 0.340 e. The predicted molar refractivity (Wildman–Crippen MR) is 128 cm³/mol. The number of pyridine rings is 2. The van der Waals surface area contributed by atoms with Gasteiger partial charge in [0.05, 0.1) is 31.2 Å². The van der Waals surface area contributed by atoms with Gasteiger partial charge in [-0.2, -0.15) is 0 Å². The van der Waals surface area contributed by atoms with E-state index in [1.54, 1.807) is 18.5 Å². The van der Waals surface area contributed by atoms with Gasteiger partial charge in [0.1, 0.15) is 11.6 Å². The Labute approximate surface area is 193 Å². The summed E-state index contributed by atoms with van der Waals surface area (Å²) >= 11 is 0. The SMILES string of the molecule is COC(=O)c1ccncc1NC[C@@H]1CCOc2cc(N(C)c3ccc(C4CC4)cn3)ccc21. The van der Waals surface area contributed by atoms with E-state index < -0.39 is 0 Å². The highest BCUT2D eigenvalue weighted by Gasteiger charge is 2.25. The van der Waals surface area contributed by atoms with Crippen LogP contribution < -0.4 is 15.0 Å². The van der Waals surface area contributed by atoms with Crippen LogP contribution in [0.4, 0.5) is 17.2 Å². The maximum atomic E-state index is 12.0. The molecule has 1 aliphatic carbocycles. The van der Waals surface area contributed by atoms with Crippen molar-refractivity contribution in [2.24, 2.45) is 0 Å². The third-order valence-electron chi connectivity index (χ3n) is 6.48. The molecule has 0 amide bonds. The van der Waals surface area contributed by atoms with Crippen molar-refractivity contribution in [2.45, 2.75) is 31.1 Å². The molecule has 0 spiro atoms. The first-order valence-corrected chi connectivity index (χ1v) is 11.4. The van der Waals surface area contributed by atoms with Crippen molar-refractivity contribution in [3.63, 3.8) is 0 Å². The second kappa shape index (κ2) is 9.10. The number of nitrogens with zero attached hydrogens (tertiary/aromatic N) is 3. The summed E-state index contributed by atoms with van der Waals surface area (Å²) in [5.74, 6) is 2.40. The minimum Gasteiger partial charge on any atom is -0.493 e. The zero-order chi connectivity index (χ0) is 22.8. The van der Waals surface area contributed by atoms with Crippen LogP contribution in [0.15, 0.2) is 55.0 Å². The Balaban J connectivity index is 1.31. The zero-order valence-corrected chi connectivity index (χ0v) is 19.0. The molecule has 2 aromatic heterocycles. The number of nitrogens with one attached hydrogen (secondary N) is 1. The smallest absolute Gasteiger partial charge is 0.340 e. The average Bonchev–Trinajstić information content (AvgIpc) is 3.72. The largest absolute Gasteiger partial charge is 0.493 e. The molecule has 33 heavy (non-hydrogen) atoms. The van der Waals surface area contributed by atoms with E-state index in [-0.39, 0.29) is 11.9 Å². The normalized spacial score (nSPS) is 17.0. The van der Waals surface area contributed by atoms with Gasteiger partial charge in [-0.05, 0) is 54.5 Å². The Morgan fingerprint density at radius 1 is 1.18 bits per heavy atom. The molecule has 7 heteroatoms. The summed E-state index contributed by atoms with van der Waals surface area (Å²) in [6.45, 7) is 1.32. The summed E-state index contributed by atoms with van der Waals surface area (Å²) in [6, 6.07) is 12.3. The molecule has 1 saturated carbocycles. The van der Waals surface area contributed by atoms with Gasteiger partial charge >= 0.3 is 5.97 Å². The van der Waals surface area contributed by atoms with Gasteiger partial charge in [-0.1, -0.05) is 12.1 Å². The van der Waals surface area contributed by atoms with Crippen LogP contribution in [0.3, 0.4) is 0 Å². The van der Waals surface area contributed by atoms with Crippen molar-refractivity contribution in [1.82, 2.24) is 9.97 Å². The summed E-state index contributed by atoms with van der Waals surface area (Å²) in [4.78, 5) is 22.9. The van der Waals surface area contributed by atoms with Crippen molar-refractivity contribution in [2.75, 3.05) is 37.5 Å². The molecule has 1 N–H and O–H groups in total. The Kier molecular flexibility index (Phi) is 5.86. The lowest BCUT2D eigenvalue weighted by Gasteiger charge is -2.28. The minimum atomic E-state index is -0.376. The molecule has 1 fully saturated rings. The number of benzene rings is 1. The van der Waals surface area contributed by atoms with Crippen molar-refractivity contribution >= 4 is 23.2 Å². The second-order valence-corrected chi connectivity index (χ2v) is 8.63. The fourth-order valence-electron chi connectivity index (χ4n) is 4.32. The van der Waals surface area contributed by atoms with Gasteiger partial charge in [0.25, 0.3) is 0 Å². The van der Waals surface area contributed by atoms with E-state index in [1.807, 2.05) is 13.2 Å². The summed E-state index contributed by atoms with van der Waals surface area (Å²) in [7, 11) is 3.41. The fraction of sp³-hybridized carbons (Fsp3) is 0.346. The predicted octanol–water partition coefficient (Wildman–Crippen LogP) is 4.89. The number of methoxy groups -OCH3 is 1. The Morgan fingerprint density at radius 3 is 2.82 bits per heavy atom. The van der Waals surface area contributed by atoms with Gasteiger partial charge in [-0.3, -0.25) is 4.98 Å². The lowest BCUT2D eigenvalue weighted by atomic mass is 9.92. The third kappa shape index (κ3) is 4.49. The number of hydrogen-bond acceptors (Lipinski definition) is 7. The molecule has 170 valence electrons. The molecule has 1 atom stereocenters. The van der Waals surface area contributed by atoms with E-state index in [4.69, 9.17) is 9.47 Å². The van der Waals surface area contributed by atoms with Gasteiger partial charge in [0, 0.05) is 43.7 Å². The summed E-state index contributed by atoms with van der Waals surface area (Å²) in [6.07, 6.45) is 8.70. The summed E-state index contributed by atoms with van der Waals surface area (Å²) < 4.78 is 10.9. The van der Waals surface area contributed by atoms with E-state index in [9.17, 15) is 4.79 Å². The van der Waals surface area contributed by atoms with Crippen LogP contribution in [0, 0.1) is 0 Å². The van der Waals surface area contributed by atoms with E-state index in [1.165, 1.54) is 25.5 Å². The van der Waals surface area contributed by atoms with E-state index in [0.717, 1.165) is 29.2 Å². The van der Waals surface area contributed by atoms with Crippen LogP contribution in [0.1, 0.15) is 52.6 Å². The number of esters is 1. The average molecular weight is 445 g/mol. The third-order valence-corrected chi connectivity index (χ3v) is 6.48. The van der Waals surface area contributed by atoms with E-state index in [0.29, 0.717) is 30.3 Å². The number of anilines is 3. The number of fused-ring (bicyclic) bond motifs is 1. The van der Waals surface area contributed by atoms with Gasteiger partial charge in [-0.25, -0.2) is 9.78 Å². The molecule has 7 nitrogen and oxygen atoms in total. The molecule has 5 rings (SSSR count). The Morgan fingerprint density at radius 2 is 2.06 bits per heavy atom. The molecule has 0 radical (unpaired) electrons. The molecule has 2 aliphatic rings. The number of hydrogen-bond donors (Lipinski definition) is 1. The number of carbonyl (C=O) groups is 1. The number of carbonyl (C=O) groups excluding carboxylic acids is 1. The van der Waals surface area contributed by atoms with E-state index >= 15 is 0 Å². The molecule has 0 unspecified atom stereocenters. The van der Waals surface area contributed by atoms with E-state index in [2.05, 4.69) is 50.5 Å². The topological polar surface area (TPSA) is 76.6 Å². The molecule has 0 saturated heterocycles. The van der Waals surface area contributed by atoms with Crippen LogP contribution in [0.25, 0.3) is 0 Å². The molecule has 3 heterocycles.